The fourth-order valence-electron chi connectivity index (χ4n) is 11.1. The predicted molar refractivity (Wildman–Crippen MR) is 301 cm³/mol. The minimum atomic E-state index is -0.0628. The molecule has 0 aliphatic carbocycles. The van der Waals surface area contributed by atoms with E-state index >= 15 is 0 Å². The van der Waals surface area contributed by atoms with Crippen molar-refractivity contribution in [1.82, 2.24) is 0 Å². The molecule has 5 aromatic carbocycles. The molecule has 0 saturated heterocycles. The minimum absolute atomic E-state index is 0.00151. The topological polar surface area (TPSA) is 144 Å². The molecule has 0 spiro atoms. The molecule has 2 amide bonds. The number of hydrogen-bond acceptors (Lipinski definition) is 14. The number of oxime groups is 1. The number of rotatable bonds is 27. The van der Waals surface area contributed by atoms with E-state index < -0.39 is 0 Å². The lowest BCUT2D eigenvalue weighted by molar-refractivity contribution is -0.119. The van der Waals surface area contributed by atoms with Gasteiger partial charge in [-0.15, -0.1) is 0 Å². The smallest absolute Gasteiger partial charge is 0.260 e. The molecule has 408 valence electrons. The summed E-state index contributed by atoms with van der Waals surface area (Å²) in [6, 6.07) is 30.4. The van der Waals surface area contributed by atoms with Crippen molar-refractivity contribution in [3.05, 3.63) is 130 Å². The quantitative estimate of drug-likeness (QED) is 0.0280. The largest absolute Gasteiger partial charge is 0.493 e. The van der Waals surface area contributed by atoms with E-state index in [0.717, 1.165) is 70.8 Å². The molecule has 0 N–H and O–H groups in total. The molecule has 77 heavy (non-hydrogen) atoms. The van der Waals surface area contributed by atoms with Crippen LogP contribution in [0.15, 0.2) is 96.2 Å². The lowest BCUT2D eigenvalue weighted by atomic mass is 10.1. The van der Waals surface area contributed by atoms with Gasteiger partial charge in [-0.05, 0) is 116 Å². The van der Waals surface area contributed by atoms with Crippen molar-refractivity contribution in [3.63, 3.8) is 0 Å². The first-order valence-corrected chi connectivity index (χ1v) is 27.1. The Bertz CT molecular complexity index is 2910. The first kappa shape index (κ1) is 54.6. The second-order valence-electron chi connectivity index (χ2n) is 20.3. The molecule has 16 nitrogen and oxygen atoms in total. The number of nitrogens with zero attached hydrogens (tertiary/aromatic N) is 6. The van der Waals surface area contributed by atoms with Gasteiger partial charge in [-0.1, -0.05) is 41.6 Å². The SMILES string of the molecule is CC=NOCCCCC(=O)CCCN(CCOCCOCCOC)c1cc(COc2cc3c(cc2C)C(=O)N2c4ccccc4C[C@H]2CN3C)cc(COc2cc3c(cc2OC)C(=O)N2c4ccccc4C[C@H]2CN3C)c1. The van der Waals surface area contributed by atoms with Gasteiger partial charge < -0.3 is 57.8 Å². The summed E-state index contributed by atoms with van der Waals surface area (Å²) in [5.41, 5.74) is 10.7. The van der Waals surface area contributed by atoms with E-state index in [9.17, 15) is 14.4 Å². The number of unbranched alkanes of at least 4 members (excludes halogenated alkanes) is 1. The Morgan fingerprint density at radius 1 is 0.636 bits per heavy atom. The number of ether oxygens (including phenoxy) is 6. The summed E-state index contributed by atoms with van der Waals surface area (Å²) in [6.45, 7) is 9.50. The number of amides is 2. The molecule has 9 rings (SSSR count). The van der Waals surface area contributed by atoms with Crippen LogP contribution < -0.4 is 38.7 Å². The molecular formula is C61H74N6O10. The molecular weight excluding hydrogens is 977 g/mol. The number of carbonyl (C=O) groups excluding carboxylic acids is 3. The number of Topliss-reactive ketones (excluding diaryl/α,β-unsaturated/α-hetero) is 1. The van der Waals surface area contributed by atoms with Crippen LogP contribution in [-0.4, -0.2) is 130 Å². The van der Waals surface area contributed by atoms with Gasteiger partial charge in [-0.25, -0.2) is 0 Å². The zero-order valence-corrected chi connectivity index (χ0v) is 45.6. The second-order valence-corrected chi connectivity index (χ2v) is 20.3. The van der Waals surface area contributed by atoms with Gasteiger partial charge in [0.15, 0.2) is 11.5 Å². The third-order valence-electron chi connectivity index (χ3n) is 14.9. The number of ketones is 1. The van der Waals surface area contributed by atoms with E-state index in [4.69, 9.17) is 33.3 Å². The van der Waals surface area contributed by atoms with Crippen LogP contribution in [0.1, 0.15) is 87.6 Å². The summed E-state index contributed by atoms with van der Waals surface area (Å²) >= 11 is 0. The maximum absolute atomic E-state index is 14.4. The van der Waals surface area contributed by atoms with Crippen molar-refractivity contribution in [3.8, 4) is 17.2 Å². The Labute approximate surface area is 453 Å². The average Bonchev–Trinajstić information content (AvgIpc) is 3.96. The molecule has 0 saturated carbocycles. The summed E-state index contributed by atoms with van der Waals surface area (Å²) in [5, 5.41) is 3.81. The Hall–Kier alpha value is -7.14. The number of fused-ring (bicyclic) bond motifs is 8. The van der Waals surface area contributed by atoms with E-state index in [-0.39, 0.29) is 42.9 Å². The van der Waals surface area contributed by atoms with E-state index in [1.807, 2.05) is 85.4 Å². The van der Waals surface area contributed by atoms with Gasteiger partial charge in [0.2, 0.25) is 0 Å². The van der Waals surface area contributed by atoms with Crippen LogP contribution in [0, 0.1) is 6.92 Å². The van der Waals surface area contributed by atoms with Gasteiger partial charge in [0.05, 0.1) is 74.7 Å². The van der Waals surface area contributed by atoms with Crippen molar-refractivity contribution in [2.24, 2.45) is 5.16 Å². The van der Waals surface area contributed by atoms with Crippen LogP contribution in [0.25, 0.3) is 0 Å². The van der Waals surface area contributed by atoms with Gasteiger partial charge in [-0.3, -0.25) is 14.4 Å². The molecule has 0 fully saturated rings. The lowest BCUT2D eigenvalue weighted by Crippen LogP contribution is -2.41. The van der Waals surface area contributed by atoms with Gasteiger partial charge in [0.25, 0.3) is 11.8 Å². The molecule has 16 heteroatoms. The summed E-state index contributed by atoms with van der Waals surface area (Å²) in [5.74, 6) is 1.81. The Kier molecular flexibility index (Phi) is 18.3. The molecule has 4 aliphatic heterocycles. The predicted octanol–water partition coefficient (Wildman–Crippen LogP) is 9.23. The number of carbonyl (C=O) groups is 3. The minimum Gasteiger partial charge on any atom is -0.493 e. The highest BCUT2D eigenvalue weighted by atomic mass is 16.6. The van der Waals surface area contributed by atoms with Crippen molar-refractivity contribution in [2.45, 2.75) is 84.1 Å². The number of para-hydroxylation sites is 2. The van der Waals surface area contributed by atoms with Crippen LogP contribution in [0.3, 0.4) is 0 Å². The zero-order valence-electron chi connectivity index (χ0n) is 45.6. The first-order chi connectivity index (χ1) is 37.5. The van der Waals surface area contributed by atoms with Gasteiger partial charge in [0, 0.05) is 95.6 Å². The Balaban J connectivity index is 0.981. The molecule has 4 heterocycles. The van der Waals surface area contributed by atoms with E-state index in [2.05, 4.69) is 50.2 Å². The van der Waals surface area contributed by atoms with Gasteiger partial charge in [0.1, 0.15) is 31.4 Å². The third kappa shape index (κ3) is 12.8. The van der Waals surface area contributed by atoms with Crippen LogP contribution in [0.5, 0.6) is 17.2 Å². The van der Waals surface area contributed by atoms with Crippen LogP contribution >= 0.6 is 0 Å². The second kappa shape index (κ2) is 25.8. The summed E-state index contributed by atoms with van der Waals surface area (Å²) in [6.07, 6.45) is 6.28. The van der Waals surface area contributed by atoms with Crippen molar-refractivity contribution < 1.29 is 47.6 Å². The standard InChI is InChI=1S/C61H74N6O10/c1-7-62-77-23-13-12-17-50(68)18-14-21-65(22-24-73-27-28-74-26-25-71-5)47-31-43(40-75-57-36-55-51(29-42(57)2)60(69)66-48(38-63(55)3)33-45-15-8-10-19-53(45)66)30-44(32-47)41-76-59-37-56-52(35-58(59)72-6)61(70)67-49(39-64(56)4)34-46-16-9-11-20-54(46)67/h7-11,15-16,19-20,29-32,35-37,48-49H,12-14,17-18,21-28,33-34,38-41H2,1-6H3/t48-,49-/m0/s1. The highest BCUT2D eigenvalue weighted by Crippen LogP contribution is 2.43. The number of likely N-dealkylation sites (N-methyl/N-ethyl adjacent to an activating group) is 2. The molecule has 0 aromatic heterocycles. The molecule has 2 atom stereocenters. The first-order valence-electron chi connectivity index (χ1n) is 27.1. The average molecular weight is 1050 g/mol. The van der Waals surface area contributed by atoms with Gasteiger partial charge in [-0.2, -0.15) is 0 Å². The Morgan fingerprint density at radius 2 is 1.21 bits per heavy atom. The maximum Gasteiger partial charge on any atom is 0.260 e. The Morgan fingerprint density at radius 3 is 1.83 bits per heavy atom. The van der Waals surface area contributed by atoms with Crippen LogP contribution in [0.4, 0.5) is 28.4 Å². The number of methoxy groups -OCH3 is 2. The monoisotopic (exact) mass is 1050 g/mol. The highest BCUT2D eigenvalue weighted by molar-refractivity contribution is 6.13. The lowest BCUT2D eigenvalue weighted by Gasteiger charge is -2.27. The number of aryl methyl sites for hydroxylation is 1. The normalized spacial score (nSPS) is 16.3. The molecule has 0 unspecified atom stereocenters. The highest BCUT2D eigenvalue weighted by Gasteiger charge is 2.41. The third-order valence-corrected chi connectivity index (χ3v) is 14.9. The number of anilines is 5. The van der Waals surface area contributed by atoms with E-state index in [0.29, 0.717) is 113 Å². The molecule has 5 aromatic rings. The summed E-state index contributed by atoms with van der Waals surface area (Å²) in [4.78, 5) is 57.6. The summed E-state index contributed by atoms with van der Waals surface area (Å²) in [7, 11) is 7.31. The zero-order chi connectivity index (χ0) is 53.8. The van der Waals surface area contributed by atoms with Crippen LogP contribution in [-0.2, 0) is 49.9 Å². The number of benzene rings is 5. The van der Waals surface area contributed by atoms with Crippen molar-refractivity contribution >= 4 is 52.2 Å². The number of hydrogen-bond donors (Lipinski definition) is 0. The van der Waals surface area contributed by atoms with Gasteiger partial charge >= 0.3 is 0 Å². The van der Waals surface area contributed by atoms with E-state index in [1.54, 1.807) is 33.4 Å². The molecule has 4 aliphatic rings. The fraction of sp³-hybridized carbons (Fsp3) is 0.443. The van der Waals surface area contributed by atoms with E-state index in [1.165, 1.54) is 11.1 Å². The maximum atomic E-state index is 14.4. The molecule has 0 bridgehead atoms. The van der Waals surface area contributed by atoms with Crippen molar-refractivity contribution in [1.29, 1.82) is 0 Å². The van der Waals surface area contributed by atoms with Crippen molar-refractivity contribution in [2.75, 3.05) is 119 Å². The van der Waals surface area contributed by atoms with Crippen LogP contribution in [0.2, 0.25) is 0 Å². The summed E-state index contributed by atoms with van der Waals surface area (Å²) < 4.78 is 36.3. The molecule has 0 radical (unpaired) electrons. The fourth-order valence-corrected chi connectivity index (χ4v) is 11.1.